The van der Waals surface area contributed by atoms with Gasteiger partial charge in [-0.1, -0.05) is 17.7 Å². The van der Waals surface area contributed by atoms with Crippen molar-refractivity contribution in [2.24, 2.45) is 4.99 Å². The maximum Gasteiger partial charge on any atom is 0.191 e. The molecule has 0 aliphatic heterocycles. The van der Waals surface area contributed by atoms with Crippen LogP contribution in [0.2, 0.25) is 5.15 Å². The van der Waals surface area contributed by atoms with Crippen LogP contribution in [0.3, 0.4) is 0 Å². The van der Waals surface area contributed by atoms with Gasteiger partial charge in [-0.15, -0.1) is 0 Å². The van der Waals surface area contributed by atoms with Gasteiger partial charge in [0.15, 0.2) is 5.96 Å². The summed E-state index contributed by atoms with van der Waals surface area (Å²) in [6, 6.07) is 3.77. The SMILES string of the molecule is CCOCCNC(=NC)NCCc1ccc(Cl)nc1. The van der Waals surface area contributed by atoms with Crippen LogP contribution in [-0.4, -0.2) is 44.3 Å². The molecule has 0 aliphatic rings. The quantitative estimate of drug-likeness (QED) is 0.345. The summed E-state index contributed by atoms with van der Waals surface area (Å²) in [5, 5.41) is 6.93. The van der Waals surface area contributed by atoms with Gasteiger partial charge in [-0.3, -0.25) is 4.99 Å². The molecule has 1 aromatic heterocycles. The molecule has 2 N–H and O–H groups in total. The number of aromatic nitrogens is 1. The van der Waals surface area contributed by atoms with Crippen molar-refractivity contribution in [3.05, 3.63) is 29.0 Å². The molecule has 0 radical (unpaired) electrons. The molecule has 106 valence electrons. The molecule has 0 atom stereocenters. The van der Waals surface area contributed by atoms with Gasteiger partial charge in [-0.2, -0.15) is 0 Å². The molecule has 0 bridgehead atoms. The van der Waals surface area contributed by atoms with Crippen LogP contribution in [0.5, 0.6) is 0 Å². The number of aliphatic imine (C=N–C) groups is 1. The smallest absolute Gasteiger partial charge is 0.191 e. The second-order valence-electron chi connectivity index (χ2n) is 3.86. The van der Waals surface area contributed by atoms with Crippen LogP contribution in [0.4, 0.5) is 0 Å². The third kappa shape index (κ3) is 6.98. The predicted molar refractivity (Wildman–Crippen MR) is 78.8 cm³/mol. The molecule has 5 nitrogen and oxygen atoms in total. The molecule has 0 unspecified atom stereocenters. The van der Waals surface area contributed by atoms with E-state index >= 15 is 0 Å². The fraction of sp³-hybridized carbons (Fsp3) is 0.538. The van der Waals surface area contributed by atoms with E-state index in [0.717, 1.165) is 37.6 Å². The first-order chi connectivity index (χ1) is 9.26. The Morgan fingerprint density at radius 3 is 2.79 bits per heavy atom. The molecular formula is C13H21ClN4O. The highest BCUT2D eigenvalue weighted by Gasteiger charge is 1.98. The molecule has 0 aliphatic carbocycles. The highest BCUT2D eigenvalue weighted by Crippen LogP contribution is 2.05. The molecule has 0 saturated heterocycles. The standard InChI is InChI=1S/C13H21ClN4O/c1-3-19-9-8-17-13(15-2)16-7-6-11-4-5-12(14)18-10-11/h4-5,10H,3,6-9H2,1-2H3,(H2,15,16,17). The Bertz CT molecular complexity index is 381. The molecule has 0 saturated carbocycles. The molecule has 0 amide bonds. The summed E-state index contributed by atoms with van der Waals surface area (Å²) in [4.78, 5) is 8.18. The van der Waals surface area contributed by atoms with Crippen molar-refractivity contribution in [3.63, 3.8) is 0 Å². The lowest BCUT2D eigenvalue weighted by molar-refractivity contribution is 0.152. The summed E-state index contributed by atoms with van der Waals surface area (Å²) in [6.45, 7) is 4.93. The topological polar surface area (TPSA) is 58.5 Å². The van der Waals surface area contributed by atoms with Crippen molar-refractivity contribution < 1.29 is 4.74 Å². The number of rotatable bonds is 7. The molecular weight excluding hydrogens is 264 g/mol. The number of hydrogen-bond donors (Lipinski definition) is 2. The Balaban J connectivity index is 2.20. The number of halogens is 1. The van der Waals surface area contributed by atoms with E-state index < -0.39 is 0 Å². The van der Waals surface area contributed by atoms with E-state index in [9.17, 15) is 0 Å². The summed E-state index contributed by atoms with van der Waals surface area (Å²) < 4.78 is 5.25. The van der Waals surface area contributed by atoms with Crippen molar-refractivity contribution >= 4 is 17.6 Å². The molecule has 19 heavy (non-hydrogen) atoms. The van der Waals surface area contributed by atoms with Gasteiger partial charge in [0.25, 0.3) is 0 Å². The molecule has 1 aromatic rings. The first kappa shape index (κ1) is 15.7. The number of ether oxygens (including phenoxy) is 1. The van der Waals surface area contributed by atoms with Gasteiger partial charge < -0.3 is 15.4 Å². The van der Waals surface area contributed by atoms with Gasteiger partial charge in [0.1, 0.15) is 5.15 Å². The molecule has 0 spiro atoms. The van der Waals surface area contributed by atoms with E-state index in [1.807, 2.05) is 13.0 Å². The Kier molecular flexibility index (Phi) is 7.93. The van der Waals surface area contributed by atoms with E-state index in [-0.39, 0.29) is 0 Å². The minimum atomic E-state index is 0.519. The van der Waals surface area contributed by atoms with Crippen molar-refractivity contribution in [2.75, 3.05) is 33.4 Å². The van der Waals surface area contributed by atoms with Crippen LogP contribution in [-0.2, 0) is 11.2 Å². The minimum Gasteiger partial charge on any atom is -0.380 e. The van der Waals surface area contributed by atoms with Gasteiger partial charge in [0.2, 0.25) is 0 Å². The van der Waals surface area contributed by atoms with Crippen LogP contribution in [0, 0.1) is 0 Å². The summed E-state index contributed by atoms with van der Waals surface area (Å²) in [5.41, 5.74) is 1.14. The van der Waals surface area contributed by atoms with Crippen LogP contribution in [0.25, 0.3) is 0 Å². The lowest BCUT2D eigenvalue weighted by Crippen LogP contribution is -2.39. The van der Waals surface area contributed by atoms with Crippen molar-refractivity contribution in [1.29, 1.82) is 0 Å². The first-order valence-electron chi connectivity index (χ1n) is 6.39. The highest BCUT2D eigenvalue weighted by molar-refractivity contribution is 6.29. The van der Waals surface area contributed by atoms with E-state index in [4.69, 9.17) is 16.3 Å². The third-order valence-corrected chi connectivity index (χ3v) is 2.68. The second-order valence-corrected chi connectivity index (χ2v) is 4.25. The van der Waals surface area contributed by atoms with Crippen molar-refractivity contribution in [1.82, 2.24) is 15.6 Å². The van der Waals surface area contributed by atoms with Crippen molar-refractivity contribution in [3.8, 4) is 0 Å². The Hall–Kier alpha value is -1.33. The minimum absolute atomic E-state index is 0.519. The van der Waals surface area contributed by atoms with Crippen LogP contribution in [0.15, 0.2) is 23.3 Å². The van der Waals surface area contributed by atoms with Crippen molar-refractivity contribution in [2.45, 2.75) is 13.3 Å². The summed E-state index contributed by atoms with van der Waals surface area (Å²) in [6.07, 6.45) is 2.66. The van der Waals surface area contributed by atoms with Gasteiger partial charge >= 0.3 is 0 Å². The van der Waals surface area contributed by atoms with E-state index in [2.05, 4.69) is 20.6 Å². The number of nitrogens with one attached hydrogen (secondary N) is 2. The average Bonchev–Trinajstić information content (AvgIpc) is 2.43. The highest BCUT2D eigenvalue weighted by atomic mass is 35.5. The lowest BCUT2D eigenvalue weighted by atomic mass is 10.2. The fourth-order valence-electron chi connectivity index (χ4n) is 1.49. The summed E-state index contributed by atoms with van der Waals surface area (Å²) >= 11 is 5.73. The Morgan fingerprint density at radius 1 is 1.37 bits per heavy atom. The van der Waals surface area contributed by atoms with E-state index in [1.165, 1.54) is 0 Å². The zero-order valence-corrected chi connectivity index (χ0v) is 12.2. The monoisotopic (exact) mass is 284 g/mol. The fourth-order valence-corrected chi connectivity index (χ4v) is 1.60. The number of nitrogens with zero attached hydrogens (tertiary/aromatic N) is 2. The lowest BCUT2D eigenvalue weighted by Gasteiger charge is -2.11. The Labute approximate surface area is 119 Å². The van der Waals surface area contributed by atoms with Crippen LogP contribution < -0.4 is 10.6 Å². The van der Waals surface area contributed by atoms with Crippen LogP contribution in [0.1, 0.15) is 12.5 Å². The van der Waals surface area contributed by atoms with Gasteiger partial charge in [-0.05, 0) is 25.0 Å². The number of pyridine rings is 1. The number of hydrogen-bond acceptors (Lipinski definition) is 3. The first-order valence-corrected chi connectivity index (χ1v) is 6.76. The Morgan fingerprint density at radius 2 is 2.16 bits per heavy atom. The normalized spacial score (nSPS) is 11.4. The molecule has 0 fully saturated rings. The average molecular weight is 285 g/mol. The van der Waals surface area contributed by atoms with Gasteiger partial charge in [0, 0.05) is 32.9 Å². The maximum absolute atomic E-state index is 5.73. The zero-order valence-electron chi connectivity index (χ0n) is 11.4. The number of guanidine groups is 1. The molecule has 0 aromatic carbocycles. The van der Waals surface area contributed by atoms with Gasteiger partial charge in [-0.25, -0.2) is 4.98 Å². The van der Waals surface area contributed by atoms with E-state index in [1.54, 1.807) is 19.3 Å². The zero-order chi connectivity index (χ0) is 13.9. The second kappa shape index (κ2) is 9.58. The third-order valence-electron chi connectivity index (χ3n) is 2.46. The largest absolute Gasteiger partial charge is 0.380 e. The van der Waals surface area contributed by atoms with Gasteiger partial charge in [0.05, 0.1) is 6.61 Å². The molecule has 1 rings (SSSR count). The van der Waals surface area contributed by atoms with E-state index in [0.29, 0.717) is 11.8 Å². The predicted octanol–water partition coefficient (Wildman–Crippen LogP) is 1.48. The summed E-state index contributed by atoms with van der Waals surface area (Å²) in [7, 11) is 1.75. The summed E-state index contributed by atoms with van der Waals surface area (Å²) in [5.74, 6) is 0.779. The van der Waals surface area contributed by atoms with Crippen LogP contribution >= 0.6 is 11.6 Å². The molecule has 6 heteroatoms. The maximum atomic E-state index is 5.73. The molecule has 1 heterocycles.